The van der Waals surface area contributed by atoms with Crippen molar-refractivity contribution in [2.24, 2.45) is 35.5 Å². The highest BCUT2D eigenvalue weighted by molar-refractivity contribution is 6.39. The van der Waals surface area contributed by atoms with Crippen LogP contribution in [0.3, 0.4) is 0 Å². The minimum Gasteiger partial charge on any atom is -0.456 e. The van der Waals surface area contributed by atoms with E-state index in [0.29, 0.717) is 63.5 Å². The van der Waals surface area contributed by atoms with Crippen LogP contribution in [0.1, 0.15) is 126 Å². The second kappa shape index (κ2) is 23.8. The van der Waals surface area contributed by atoms with E-state index >= 15 is 0 Å². The van der Waals surface area contributed by atoms with Gasteiger partial charge in [0.1, 0.15) is 24.0 Å². The first-order valence-electron chi connectivity index (χ1n) is 23.3. The standard InChI is InChI=1S/C48H78N2O13/c1-12-34-20-28(4)19-29(5)21-40(59-10)43-41(60-11)23-31(7)48(57,63-43)44(53)45(54)50-18-14-13-15-36(50)46(55)62-42(32(8)37(51)25-38(34)52)30(6)22-33-16-17-35(39(24-33)58-9)49-47(56)61-26-27(2)3/h20,22,27,29,31-37,39-43,51,57H,12-19,21,23-26H2,1-11H3,(H,49,56)/b28-20+,30-22+/t29-,31+,32+,33-,34+,35-,36-,37-,39+,40-,41-,42+,43+,48+/m0/s1. The quantitative estimate of drug-likeness (QED) is 0.142. The van der Waals surface area contributed by atoms with Gasteiger partial charge in [0.05, 0.1) is 37.1 Å². The number of hydrogen-bond acceptors (Lipinski definition) is 13. The van der Waals surface area contributed by atoms with Crippen LogP contribution in [-0.2, 0) is 47.6 Å². The summed E-state index contributed by atoms with van der Waals surface area (Å²) in [6, 6.07) is -1.42. The number of carbonyl (C=O) groups excluding carboxylic acids is 5. The van der Waals surface area contributed by atoms with Gasteiger partial charge in [0.2, 0.25) is 5.79 Å². The fraction of sp³-hybridized carbons (Fsp3) is 0.812. The van der Waals surface area contributed by atoms with Gasteiger partial charge in [-0.15, -0.1) is 0 Å². The minimum atomic E-state index is -2.52. The number of methoxy groups -OCH3 is 3. The molecule has 15 heteroatoms. The lowest BCUT2D eigenvalue weighted by molar-refractivity contribution is -0.302. The van der Waals surface area contributed by atoms with Crippen molar-refractivity contribution < 1.29 is 62.6 Å². The molecule has 1 saturated carbocycles. The Morgan fingerprint density at radius 3 is 2.27 bits per heavy atom. The number of allylic oxidation sites excluding steroid dienone is 3. The van der Waals surface area contributed by atoms with E-state index in [4.69, 9.17) is 28.4 Å². The number of ether oxygens (including phenoxy) is 6. The topological polar surface area (TPSA) is 196 Å². The van der Waals surface area contributed by atoms with Crippen molar-refractivity contribution in [2.75, 3.05) is 34.5 Å². The van der Waals surface area contributed by atoms with Gasteiger partial charge in [-0.05, 0) is 101 Å². The van der Waals surface area contributed by atoms with Crippen molar-refractivity contribution in [3.8, 4) is 0 Å². The Kier molecular flexibility index (Phi) is 19.8. The molecule has 63 heavy (non-hydrogen) atoms. The van der Waals surface area contributed by atoms with Crippen molar-refractivity contribution >= 4 is 29.5 Å². The van der Waals surface area contributed by atoms with Crippen LogP contribution in [0.5, 0.6) is 0 Å². The number of esters is 1. The molecule has 4 aliphatic rings. The number of nitrogens with zero attached hydrogens (tertiary/aromatic N) is 1. The number of nitrogens with one attached hydrogen (secondary N) is 1. The van der Waals surface area contributed by atoms with Crippen molar-refractivity contribution in [1.29, 1.82) is 0 Å². The van der Waals surface area contributed by atoms with Crippen molar-refractivity contribution in [1.82, 2.24) is 10.2 Å². The van der Waals surface area contributed by atoms with E-state index in [1.807, 2.05) is 53.7 Å². The first-order valence-corrected chi connectivity index (χ1v) is 23.3. The Labute approximate surface area is 375 Å². The van der Waals surface area contributed by atoms with Gasteiger partial charge in [-0.2, -0.15) is 0 Å². The molecule has 0 aromatic rings. The molecule has 0 radical (unpaired) electrons. The van der Waals surface area contributed by atoms with E-state index in [9.17, 15) is 34.2 Å². The lowest BCUT2D eigenvalue weighted by Crippen LogP contribution is -2.64. The Morgan fingerprint density at radius 2 is 1.63 bits per heavy atom. The Balaban J connectivity index is 1.71. The molecule has 0 aromatic heterocycles. The highest BCUT2D eigenvalue weighted by atomic mass is 16.7. The summed E-state index contributed by atoms with van der Waals surface area (Å²) >= 11 is 0. The van der Waals surface area contributed by atoms with E-state index in [1.165, 1.54) is 19.1 Å². The summed E-state index contributed by atoms with van der Waals surface area (Å²) in [5.41, 5.74) is 1.63. The van der Waals surface area contributed by atoms with Gasteiger partial charge < -0.3 is 48.9 Å². The lowest BCUT2D eigenvalue weighted by atomic mass is 9.81. The number of fused-ring (bicyclic) bond motifs is 3. The van der Waals surface area contributed by atoms with Gasteiger partial charge in [-0.3, -0.25) is 14.4 Å². The van der Waals surface area contributed by atoms with Gasteiger partial charge in [-0.25, -0.2) is 9.59 Å². The highest BCUT2D eigenvalue weighted by Gasteiger charge is 2.56. The Morgan fingerprint density at radius 1 is 0.968 bits per heavy atom. The second-order valence-corrected chi connectivity index (χ2v) is 19.3. The summed E-state index contributed by atoms with van der Waals surface area (Å²) in [5, 5.41) is 26.8. The average Bonchev–Trinajstić information content (AvgIpc) is 3.25. The van der Waals surface area contributed by atoms with Crippen LogP contribution in [0, 0.1) is 35.5 Å². The molecule has 3 N–H and O–H groups in total. The molecule has 3 aliphatic heterocycles. The fourth-order valence-electron chi connectivity index (χ4n) is 10.0. The molecule has 1 aliphatic carbocycles. The molecule has 358 valence electrons. The summed E-state index contributed by atoms with van der Waals surface area (Å²) < 4.78 is 35.5. The summed E-state index contributed by atoms with van der Waals surface area (Å²) in [5.74, 6) is -7.50. The number of aliphatic hydroxyl groups is 2. The molecule has 4 rings (SSSR count). The number of ketones is 2. The SMILES string of the molecule is CC[C@@H]1/C=C(\C)C[C@H](C)C[C@H](OC)[C@H]2O[C@@](O)(C(=O)C(=O)N3CCCC[C@H]3C(=O)O[C@H](/C(C)=C/[C@@H]3CC[C@H](NC(=O)OCC(C)C)[C@H](OC)C3)[C@H](C)[C@@H](O)CC1=O)[C@H](C)C[C@@H]2OC. The third-order valence-electron chi connectivity index (χ3n) is 13.8. The first-order chi connectivity index (χ1) is 29.8. The predicted molar refractivity (Wildman–Crippen MR) is 235 cm³/mol. The average molecular weight is 891 g/mol. The predicted octanol–water partition coefficient (Wildman–Crippen LogP) is 5.86. The van der Waals surface area contributed by atoms with E-state index < -0.39 is 83.9 Å². The number of cyclic esters (lactones) is 1. The molecular weight excluding hydrogens is 813 g/mol. The Bertz CT molecular complexity index is 1630. The number of Topliss-reactive ketones (excluding diaryl/α,β-unsaturated/α-hetero) is 2. The number of aliphatic hydroxyl groups excluding tert-OH is 1. The maximum atomic E-state index is 14.5. The van der Waals surface area contributed by atoms with Crippen LogP contribution >= 0.6 is 0 Å². The van der Waals surface area contributed by atoms with Crippen LogP contribution in [-0.4, -0.2) is 134 Å². The Hall–Kier alpha value is -3.21. The minimum absolute atomic E-state index is 0.0221. The largest absolute Gasteiger partial charge is 0.456 e. The van der Waals surface area contributed by atoms with Gasteiger partial charge in [0.25, 0.3) is 11.7 Å². The van der Waals surface area contributed by atoms with Crippen molar-refractivity contribution in [2.45, 2.75) is 181 Å². The summed E-state index contributed by atoms with van der Waals surface area (Å²) in [6.45, 7) is 15.5. The van der Waals surface area contributed by atoms with Crippen molar-refractivity contribution in [3.63, 3.8) is 0 Å². The lowest BCUT2D eigenvalue weighted by Gasteiger charge is -2.47. The number of amides is 2. The molecular formula is C48H78N2O13. The number of rotatable bonds is 9. The molecule has 15 nitrogen and oxygen atoms in total. The molecule has 2 amide bonds. The normalized spacial score (nSPS) is 38.2. The maximum absolute atomic E-state index is 14.5. The zero-order valence-electron chi connectivity index (χ0n) is 39.8. The maximum Gasteiger partial charge on any atom is 0.407 e. The fourth-order valence-corrected chi connectivity index (χ4v) is 10.0. The molecule has 2 bridgehead atoms. The van der Waals surface area contributed by atoms with Gasteiger partial charge in [0, 0.05) is 52.0 Å². The molecule has 3 heterocycles. The molecule has 0 spiro atoms. The van der Waals surface area contributed by atoms with Crippen LogP contribution in [0.25, 0.3) is 0 Å². The summed E-state index contributed by atoms with van der Waals surface area (Å²) in [6.07, 6.45) is 3.68. The van der Waals surface area contributed by atoms with E-state index in [-0.39, 0.29) is 61.5 Å². The van der Waals surface area contributed by atoms with Crippen molar-refractivity contribution in [3.05, 3.63) is 23.3 Å². The van der Waals surface area contributed by atoms with Crippen LogP contribution < -0.4 is 5.32 Å². The summed E-state index contributed by atoms with van der Waals surface area (Å²) in [4.78, 5) is 70.7. The molecule has 2 saturated heterocycles. The molecule has 14 atom stereocenters. The third kappa shape index (κ3) is 13.4. The van der Waals surface area contributed by atoms with E-state index in [2.05, 4.69) is 5.32 Å². The molecule has 0 unspecified atom stereocenters. The zero-order chi connectivity index (χ0) is 46.8. The number of carbonyl (C=O) groups is 5. The number of alkyl carbamates (subject to hydrolysis) is 1. The van der Waals surface area contributed by atoms with Crippen LogP contribution in [0.4, 0.5) is 4.79 Å². The smallest absolute Gasteiger partial charge is 0.407 e. The van der Waals surface area contributed by atoms with Crippen LogP contribution in [0.2, 0.25) is 0 Å². The van der Waals surface area contributed by atoms with Crippen LogP contribution in [0.15, 0.2) is 23.3 Å². The van der Waals surface area contributed by atoms with E-state index in [0.717, 1.165) is 5.57 Å². The van der Waals surface area contributed by atoms with Gasteiger partial charge in [0.15, 0.2) is 0 Å². The highest BCUT2D eigenvalue weighted by Crippen LogP contribution is 2.39. The molecule has 0 aromatic carbocycles. The number of hydrogen-bond donors (Lipinski definition) is 3. The van der Waals surface area contributed by atoms with Gasteiger partial charge >= 0.3 is 12.1 Å². The van der Waals surface area contributed by atoms with E-state index in [1.54, 1.807) is 21.0 Å². The third-order valence-corrected chi connectivity index (χ3v) is 13.8. The summed E-state index contributed by atoms with van der Waals surface area (Å²) in [7, 11) is 4.66. The second-order valence-electron chi connectivity index (χ2n) is 19.3. The van der Waals surface area contributed by atoms with Gasteiger partial charge in [-0.1, -0.05) is 59.3 Å². The number of piperidine rings is 1. The monoisotopic (exact) mass is 891 g/mol. The molecule has 3 fully saturated rings. The first kappa shape index (κ1) is 52.4. The zero-order valence-corrected chi connectivity index (χ0v) is 39.8.